The van der Waals surface area contributed by atoms with E-state index < -0.39 is 5.60 Å². The number of carbonyl (C=O) groups excluding carboxylic acids is 1. The first kappa shape index (κ1) is 25.8. The predicted molar refractivity (Wildman–Crippen MR) is 151 cm³/mol. The normalized spacial score (nSPS) is 16.5. The standard InChI is InChI=1S/C33H36N2O3/c1-4-33(32(36)30-14-10-21-35(30)29-13-7-8-15-31(29)38-33)27-18-16-26(17-19-27)24-37-28-12-9-11-25(23-28)20-22-34(5-2)6-3/h7-19,21,23H,4-6,20,22,24H2,1-3H3. The molecule has 5 heteroatoms. The zero-order valence-electron chi connectivity index (χ0n) is 22.5. The number of para-hydroxylation sites is 2. The number of ether oxygens (including phenoxy) is 2. The van der Waals surface area contributed by atoms with Crippen molar-refractivity contribution in [2.45, 2.75) is 45.8 Å². The second-order valence-electron chi connectivity index (χ2n) is 9.75. The summed E-state index contributed by atoms with van der Waals surface area (Å²) >= 11 is 0. The third kappa shape index (κ3) is 4.99. The Morgan fingerprint density at radius 1 is 0.868 bits per heavy atom. The van der Waals surface area contributed by atoms with Gasteiger partial charge in [-0.3, -0.25) is 4.79 Å². The average Bonchev–Trinajstić information content (AvgIpc) is 3.42. The number of fused-ring (bicyclic) bond motifs is 3. The van der Waals surface area contributed by atoms with Crippen LogP contribution >= 0.6 is 0 Å². The van der Waals surface area contributed by atoms with Gasteiger partial charge in [0.1, 0.15) is 18.1 Å². The highest BCUT2D eigenvalue weighted by atomic mass is 16.5. The van der Waals surface area contributed by atoms with Crippen LogP contribution in [0.25, 0.3) is 5.69 Å². The van der Waals surface area contributed by atoms with Crippen LogP contribution < -0.4 is 9.47 Å². The van der Waals surface area contributed by atoms with E-state index in [0.717, 1.165) is 48.6 Å². The average molecular weight is 509 g/mol. The molecule has 1 aromatic heterocycles. The Kier molecular flexibility index (Phi) is 7.66. The predicted octanol–water partition coefficient (Wildman–Crippen LogP) is 6.82. The van der Waals surface area contributed by atoms with Crippen LogP contribution in [0.3, 0.4) is 0 Å². The summed E-state index contributed by atoms with van der Waals surface area (Å²) < 4.78 is 14.6. The Morgan fingerprint density at radius 3 is 2.42 bits per heavy atom. The Balaban J connectivity index is 1.33. The molecule has 0 spiro atoms. The third-order valence-corrected chi connectivity index (χ3v) is 7.59. The van der Waals surface area contributed by atoms with E-state index >= 15 is 0 Å². The van der Waals surface area contributed by atoms with E-state index in [-0.39, 0.29) is 5.78 Å². The SMILES string of the molecule is CCN(CC)CCc1cccc(OCc2ccc(C3(CC)Oc4ccccc4-n4cccc4C3=O)cc2)c1. The van der Waals surface area contributed by atoms with Crippen molar-refractivity contribution >= 4 is 5.78 Å². The molecule has 4 aromatic rings. The zero-order valence-corrected chi connectivity index (χ0v) is 22.5. The number of nitrogens with zero attached hydrogens (tertiary/aromatic N) is 2. The van der Waals surface area contributed by atoms with Gasteiger partial charge in [-0.1, -0.05) is 69.3 Å². The zero-order chi connectivity index (χ0) is 26.5. The molecule has 0 radical (unpaired) electrons. The van der Waals surface area contributed by atoms with Crippen molar-refractivity contribution in [2.75, 3.05) is 19.6 Å². The fraction of sp³-hybridized carbons (Fsp3) is 0.303. The molecule has 0 N–H and O–H groups in total. The maximum absolute atomic E-state index is 13.9. The molecule has 1 aliphatic heterocycles. The van der Waals surface area contributed by atoms with E-state index in [1.165, 1.54) is 5.56 Å². The minimum absolute atomic E-state index is 0.0354. The summed E-state index contributed by atoms with van der Waals surface area (Å²) in [5.74, 6) is 1.54. The number of rotatable bonds is 10. The molecule has 38 heavy (non-hydrogen) atoms. The lowest BCUT2D eigenvalue weighted by molar-refractivity contribution is 0.0424. The number of hydrogen-bond donors (Lipinski definition) is 0. The van der Waals surface area contributed by atoms with Crippen molar-refractivity contribution < 1.29 is 14.3 Å². The van der Waals surface area contributed by atoms with Crippen molar-refractivity contribution in [3.8, 4) is 17.2 Å². The molecular weight excluding hydrogens is 472 g/mol. The van der Waals surface area contributed by atoms with Gasteiger partial charge in [-0.05, 0) is 73.5 Å². The maximum atomic E-state index is 13.9. The summed E-state index contributed by atoms with van der Waals surface area (Å²) in [6, 6.07) is 28.0. The number of benzene rings is 3. The van der Waals surface area contributed by atoms with Crippen LogP contribution in [-0.4, -0.2) is 34.9 Å². The van der Waals surface area contributed by atoms with Crippen LogP contribution in [0.2, 0.25) is 0 Å². The van der Waals surface area contributed by atoms with E-state index in [9.17, 15) is 4.79 Å². The van der Waals surface area contributed by atoms with Gasteiger partial charge in [0.15, 0.2) is 5.60 Å². The Bertz CT molecular complexity index is 1390. The second-order valence-corrected chi connectivity index (χ2v) is 9.75. The van der Waals surface area contributed by atoms with Crippen LogP contribution in [0.4, 0.5) is 0 Å². The fourth-order valence-electron chi connectivity index (χ4n) is 5.24. The van der Waals surface area contributed by atoms with Gasteiger partial charge in [0.25, 0.3) is 0 Å². The number of likely N-dealkylation sites (N-methyl/N-ethyl adjacent to an activating group) is 1. The van der Waals surface area contributed by atoms with E-state index in [0.29, 0.717) is 24.5 Å². The summed E-state index contributed by atoms with van der Waals surface area (Å²) in [5, 5.41) is 0. The minimum Gasteiger partial charge on any atom is -0.489 e. The summed E-state index contributed by atoms with van der Waals surface area (Å²) in [6.45, 7) is 10.0. The summed E-state index contributed by atoms with van der Waals surface area (Å²) in [7, 11) is 0. The van der Waals surface area contributed by atoms with Crippen LogP contribution in [0.1, 0.15) is 54.4 Å². The van der Waals surface area contributed by atoms with Gasteiger partial charge in [-0.2, -0.15) is 0 Å². The molecular formula is C33H36N2O3. The lowest BCUT2D eigenvalue weighted by atomic mass is 9.84. The molecule has 1 unspecified atom stereocenters. The number of Topliss-reactive ketones (excluding diaryl/α,β-unsaturated/α-hetero) is 1. The van der Waals surface area contributed by atoms with Crippen LogP contribution in [0, 0.1) is 0 Å². The summed E-state index contributed by atoms with van der Waals surface area (Å²) in [5.41, 5.74) is 3.57. The topological polar surface area (TPSA) is 43.7 Å². The van der Waals surface area contributed by atoms with Crippen molar-refractivity contribution in [1.29, 1.82) is 0 Å². The number of aromatic nitrogens is 1. The van der Waals surface area contributed by atoms with Crippen molar-refractivity contribution in [3.05, 3.63) is 114 Å². The Labute approximate surface area is 225 Å². The molecule has 0 bridgehead atoms. The molecule has 5 rings (SSSR count). The molecule has 1 aliphatic rings. The van der Waals surface area contributed by atoms with Gasteiger partial charge in [0.2, 0.25) is 5.78 Å². The van der Waals surface area contributed by atoms with Gasteiger partial charge < -0.3 is 18.9 Å². The molecule has 0 aliphatic carbocycles. The molecule has 0 amide bonds. The summed E-state index contributed by atoms with van der Waals surface area (Å²) in [6.07, 6.45) is 3.44. The lowest BCUT2D eigenvalue weighted by Crippen LogP contribution is -2.41. The van der Waals surface area contributed by atoms with E-state index in [4.69, 9.17) is 9.47 Å². The second kappa shape index (κ2) is 11.3. The van der Waals surface area contributed by atoms with E-state index in [1.54, 1.807) is 0 Å². The van der Waals surface area contributed by atoms with E-state index in [1.807, 2.05) is 84.4 Å². The quantitative estimate of drug-likeness (QED) is 0.236. The van der Waals surface area contributed by atoms with Crippen LogP contribution in [0.15, 0.2) is 91.1 Å². The molecule has 0 saturated heterocycles. The molecule has 3 aromatic carbocycles. The van der Waals surface area contributed by atoms with Gasteiger partial charge in [-0.25, -0.2) is 0 Å². The molecule has 0 fully saturated rings. The highest BCUT2D eigenvalue weighted by Crippen LogP contribution is 2.41. The molecule has 0 saturated carbocycles. The summed E-state index contributed by atoms with van der Waals surface area (Å²) in [4.78, 5) is 16.3. The Hall–Kier alpha value is -3.83. The van der Waals surface area contributed by atoms with Crippen LogP contribution in [0.5, 0.6) is 11.5 Å². The molecule has 2 heterocycles. The van der Waals surface area contributed by atoms with E-state index in [2.05, 4.69) is 36.9 Å². The minimum atomic E-state index is -1.10. The van der Waals surface area contributed by atoms with Gasteiger partial charge in [-0.15, -0.1) is 0 Å². The van der Waals surface area contributed by atoms with Gasteiger partial charge in [0, 0.05) is 18.3 Å². The van der Waals surface area contributed by atoms with Gasteiger partial charge in [0.05, 0.1) is 11.4 Å². The van der Waals surface area contributed by atoms with Crippen molar-refractivity contribution in [2.24, 2.45) is 0 Å². The van der Waals surface area contributed by atoms with Crippen LogP contribution in [-0.2, 0) is 18.6 Å². The first-order valence-electron chi connectivity index (χ1n) is 13.6. The fourth-order valence-corrected chi connectivity index (χ4v) is 5.24. The van der Waals surface area contributed by atoms with Crippen molar-refractivity contribution in [1.82, 2.24) is 9.47 Å². The Morgan fingerprint density at radius 2 is 1.66 bits per heavy atom. The molecule has 1 atom stereocenters. The first-order chi connectivity index (χ1) is 18.6. The first-order valence-corrected chi connectivity index (χ1v) is 13.6. The molecule has 5 nitrogen and oxygen atoms in total. The van der Waals surface area contributed by atoms with Crippen molar-refractivity contribution in [3.63, 3.8) is 0 Å². The number of hydrogen-bond acceptors (Lipinski definition) is 4. The number of carbonyl (C=O) groups is 1. The smallest absolute Gasteiger partial charge is 0.227 e. The lowest BCUT2D eigenvalue weighted by Gasteiger charge is -2.31. The molecule has 196 valence electrons. The third-order valence-electron chi connectivity index (χ3n) is 7.59. The highest BCUT2D eigenvalue weighted by Gasteiger charge is 2.45. The maximum Gasteiger partial charge on any atom is 0.227 e. The van der Waals surface area contributed by atoms with Gasteiger partial charge >= 0.3 is 0 Å². The largest absolute Gasteiger partial charge is 0.489 e. The number of ketones is 1. The monoisotopic (exact) mass is 508 g/mol. The highest BCUT2D eigenvalue weighted by molar-refractivity contribution is 6.03.